The number of carbonyl (C=O) groups excluding carboxylic acids is 2. The molecule has 0 saturated carbocycles. The number of imide groups is 1. The molecule has 1 atom stereocenters. The van der Waals surface area contributed by atoms with Crippen LogP contribution in [0.25, 0.3) is 0 Å². The van der Waals surface area contributed by atoms with Gasteiger partial charge in [-0.15, -0.1) is 0 Å². The van der Waals surface area contributed by atoms with Crippen molar-refractivity contribution < 1.29 is 14.3 Å². The summed E-state index contributed by atoms with van der Waals surface area (Å²) in [5.74, 6) is -0.315. The lowest BCUT2D eigenvalue weighted by Gasteiger charge is -2.28. The van der Waals surface area contributed by atoms with Gasteiger partial charge in [0.15, 0.2) is 0 Å². The molecule has 1 fully saturated rings. The van der Waals surface area contributed by atoms with Gasteiger partial charge < -0.3 is 10.1 Å². The first-order valence-corrected chi connectivity index (χ1v) is 6.97. The van der Waals surface area contributed by atoms with E-state index in [0.29, 0.717) is 6.04 Å². The second-order valence-electron chi connectivity index (χ2n) is 5.09. The number of alkyl carbamates (subject to hydrolysis) is 1. The minimum absolute atomic E-state index is 0.217. The van der Waals surface area contributed by atoms with Crippen molar-refractivity contribution in [3.63, 3.8) is 0 Å². The highest BCUT2D eigenvalue weighted by atomic mass is 16.5. The molecule has 1 rings (SSSR count). The molecule has 110 valence electrons. The van der Waals surface area contributed by atoms with Crippen LogP contribution in [0, 0.1) is 0 Å². The zero-order valence-electron chi connectivity index (χ0n) is 12.1. The summed E-state index contributed by atoms with van der Waals surface area (Å²) in [5.41, 5.74) is 0. The van der Waals surface area contributed by atoms with Crippen molar-refractivity contribution in [3.8, 4) is 0 Å². The van der Waals surface area contributed by atoms with E-state index >= 15 is 0 Å². The molecule has 19 heavy (non-hydrogen) atoms. The average Bonchev–Trinajstić information content (AvgIpc) is 2.80. The topological polar surface area (TPSA) is 70.7 Å². The summed E-state index contributed by atoms with van der Waals surface area (Å²) < 4.78 is 4.69. The van der Waals surface area contributed by atoms with E-state index in [9.17, 15) is 9.59 Å². The summed E-state index contributed by atoms with van der Waals surface area (Å²) in [6.07, 6.45) is 1.66. The van der Waals surface area contributed by atoms with Gasteiger partial charge in [-0.2, -0.15) is 0 Å². The lowest BCUT2D eigenvalue weighted by atomic mass is 10.2. The predicted octanol–water partition coefficient (Wildman–Crippen LogP) is 0.722. The van der Waals surface area contributed by atoms with E-state index in [0.717, 1.165) is 19.5 Å². The molecule has 1 saturated heterocycles. The Morgan fingerprint density at radius 1 is 1.47 bits per heavy atom. The van der Waals surface area contributed by atoms with E-state index in [4.69, 9.17) is 0 Å². The average molecular weight is 271 g/mol. The molecule has 6 heteroatoms. The molecule has 1 aliphatic heterocycles. The van der Waals surface area contributed by atoms with E-state index in [-0.39, 0.29) is 25.1 Å². The molecule has 0 aromatic carbocycles. The van der Waals surface area contributed by atoms with E-state index in [1.54, 1.807) is 6.92 Å². The Labute approximate surface area is 114 Å². The van der Waals surface area contributed by atoms with Gasteiger partial charge in [0.25, 0.3) is 0 Å². The van der Waals surface area contributed by atoms with Crippen molar-refractivity contribution in [2.45, 2.75) is 45.7 Å². The second-order valence-corrected chi connectivity index (χ2v) is 5.09. The van der Waals surface area contributed by atoms with Crippen LogP contribution in [0.1, 0.15) is 33.6 Å². The quantitative estimate of drug-likeness (QED) is 0.745. The Hall–Kier alpha value is -1.14. The Balaban J connectivity index is 2.39. The number of carbonyl (C=O) groups is 2. The van der Waals surface area contributed by atoms with Gasteiger partial charge in [-0.1, -0.05) is 0 Å². The van der Waals surface area contributed by atoms with Crippen LogP contribution in [0.2, 0.25) is 0 Å². The maximum Gasteiger partial charge on any atom is 0.413 e. The Morgan fingerprint density at radius 2 is 2.21 bits per heavy atom. The molecule has 0 aliphatic carbocycles. The molecule has 0 spiro atoms. The van der Waals surface area contributed by atoms with Crippen LogP contribution in [0.5, 0.6) is 0 Å². The fraction of sp³-hybridized carbons (Fsp3) is 0.846. The minimum Gasteiger partial charge on any atom is -0.450 e. The fourth-order valence-corrected chi connectivity index (χ4v) is 2.16. The predicted molar refractivity (Wildman–Crippen MR) is 72.9 cm³/mol. The Morgan fingerprint density at radius 3 is 2.74 bits per heavy atom. The molecule has 6 nitrogen and oxygen atoms in total. The number of hydrogen-bond acceptors (Lipinski definition) is 5. The van der Waals surface area contributed by atoms with Crippen LogP contribution in [0.3, 0.4) is 0 Å². The molecule has 2 N–H and O–H groups in total. The maximum absolute atomic E-state index is 11.7. The summed E-state index contributed by atoms with van der Waals surface area (Å²) in [5, 5.41) is 5.64. The van der Waals surface area contributed by atoms with Gasteiger partial charge in [0.1, 0.15) is 0 Å². The SMILES string of the molecule is CCOC(=O)NC(=O)CN(CC1CCCN1)C(C)C. The first kappa shape index (κ1) is 15.9. The van der Waals surface area contributed by atoms with Crippen LogP contribution in [-0.4, -0.2) is 55.2 Å². The first-order chi connectivity index (χ1) is 9.02. The second kappa shape index (κ2) is 8.12. The van der Waals surface area contributed by atoms with Gasteiger partial charge in [0.2, 0.25) is 5.91 Å². The number of rotatable bonds is 6. The molecule has 1 unspecified atom stereocenters. The zero-order valence-corrected chi connectivity index (χ0v) is 12.1. The monoisotopic (exact) mass is 271 g/mol. The van der Waals surface area contributed by atoms with Gasteiger partial charge in [0.05, 0.1) is 13.2 Å². The van der Waals surface area contributed by atoms with Gasteiger partial charge >= 0.3 is 6.09 Å². The summed E-state index contributed by atoms with van der Waals surface area (Å²) in [6, 6.07) is 0.702. The normalized spacial score (nSPS) is 18.9. The van der Waals surface area contributed by atoms with Crippen molar-refractivity contribution in [3.05, 3.63) is 0 Å². The third kappa shape index (κ3) is 6.02. The summed E-state index contributed by atoms with van der Waals surface area (Å²) >= 11 is 0. The van der Waals surface area contributed by atoms with Crippen LogP contribution in [0.15, 0.2) is 0 Å². The maximum atomic E-state index is 11.7. The van der Waals surface area contributed by atoms with Gasteiger partial charge in [-0.25, -0.2) is 4.79 Å². The molecule has 1 heterocycles. The lowest BCUT2D eigenvalue weighted by Crippen LogP contribution is -2.47. The van der Waals surface area contributed by atoms with E-state index in [1.807, 2.05) is 13.8 Å². The van der Waals surface area contributed by atoms with Crippen molar-refractivity contribution in [1.82, 2.24) is 15.5 Å². The molecule has 0 aromatic rings. The highest BCUT2D eigenvalue weighted by Gasteiger charge is 2.22. The van der Waals surface area contributed by atoms with E-state index in [2.05, 4.69) is 20.3 Å². The fourth-order valence-electron chi connectivity index (χ4n) is 2.16. The highest BCUT2D eigenvalue weighted by Crippen LogP contribution is 2.09. The number of nitrogens with one attached hydrogen (secondary N) is 2. The number of ether oxygens (including phenoxy) is 1. The van der Waals surface area contributed by atoms with Crippen LogP contribution in [0.4, 0.5) is 4.79 Å². The van der Waals surface area contributed by atoms with Gasteiger partial charge in [-0.3, -0.25) is 15.0 Å². The van der Waals surface area contributed by atoms with Crippen molar-refractivity contribution in [2.24, 2.45) is 0 Å². The Bertz CT molecular complexity index is 302. The zero-order chi connectivity index (χ0) is 14.3. The number of amides is 2. The van der Waals surface area contributed by atoms with Gasteiger partial charge in [0, 0.05) is 18.6 Å². The first-order valence-electron chi connectivity index (χ1n) is 6.97. The van der Waals surface area contributed by atoms with Crippen LogP contribution >= 0.6 is 0 Å². The van der Waals surface area contributed by atoms with Crippen LogP contribution < -0.4 is 10.6 Å². The highest BCUT2D eigenvalue weighted by molar-refractivity contribution is 5.92. The van der Waals surface area contributed by atoms with Crippen molar-refractivity contribution >= 4 is 12.0 Å². The van der Waals surface area contributed by atoms with Gasteiger partial charge in [-0.05, 0) is 40.2 Å². The van der Waals surface area contributed by atoms with E-state index < -0.39 is 6.09 Å². The molecule has 2 amide bonds. The number of nitrogens with zero attached hydrogens (tertiary/aromatic N) is 1. The molecule has 0 bridgehead atoms. The molecule has 1 aliphatic rings. The van der Waals surface area contributed by atoms with Crippen molar-refractivity contribution in [1.29, 1.82) is 0 Å². The molecular weight excluding hydrogens is 246 g/mol. The molecule has 0 aromatic heterocycles. The van der Waals surface area contributed by atoms with E-state index in [1.165, 1.54) is 6.42 Å². The number of hydrogen-bond donors (Lipinski definition) is 2. The third-order valence-electron chi connectivity index (χ3n) is 3.21. The standard InChI is InChI=1S/C13H25N3O3/c1-4-19-13(18)15-12(17)9-16(10(2)3)8-11-6-5-7-14-11/h10-11,14H,4-9H2,1-3H3,(H,15,17,18). The minimum atomic E-state index is -0.671. The summed E-state index contributed by atoms with van der Waals surface area (Å²) in [4.78, 5) is 25.0. The Kier molecular flexibility index (Phi) is 6.80. The largest absolute Gasteiger partial charge is 0.450 e. The summed E-state index contributed by atoms with van der Waals surface area (Å²) in [7, 11) is 0. The third-order valence-corrected chi connectivity index (χ3v) is 3.21. The lowest BCUT2D eigenvalue weighted by molar-refractivity contribution is -0.122. The molecular formula is C13H25N3O3. The molecule has 0 radical (unpaired) electrons. The van der Waals surface area contributed by atoms with Crippen molar-refractivity contribution in [2.75, 3.05) is 26.2 Å². The smallest absolute Gasteiger partial charge is 0.413 e. The van der Waals surface area contributed by atoms with Crippen LogP contribution in [-0.2, 0) is 9.53 Å². The summed E-state index contributed by atoms with van der Waals surface area (Å²) in [6.45, 7) is 8.16.